The summed E-state index contributed by atoms with van der Waals surface area (Å²) in [6.07, 6.45) is 7.28. The van der Waals surface area contributed by atoms with E-state index in [0.29, 0.717) is 36.5 Å². The molecule has 2 aliphatic rings. The second kappa shape index (κ2) is 6.14. The van der Waals surface area contributed by atoms with Crippen LogP contribution in [0.25, 0.3) is 0 Å². The molecule has 1 aliphatic heterocycles. The number of likely N-dealkylation sites (tertiary alicyclic amines) is 1. The number of hydrogen-bond donors (Lipinski definition) is 1. The fourth-order valence-corrected chi connectivity index (χ4v) is 3.60. The lowest BCUT2D eigenvalue weighted by molar-refractivity contribution is -0.138. The molecular weight excluding hydrogens is 304 g/mol. The first-order valence-electron chi connectivity index (χ1n) is 9.06. The molecule has 2 fully saturated rings. The Morgan fingerprint density at radius 3 is 2.50 bits per heavy atom. The van der Waals surface area contributed by atoms with E-state index in [4.69, 9.17) is 0 Å². The average molecular weight is 334 g/mol. The van der Waals surface area contributed by atoms with Crippen molar-refractivity contribution >= 4 is 5.91 Å². The van der Waals surface area contributed by atoms with E-state index < -0.39 is 5.60 Å². The maximum Gasteiger partial charge on any atom is 0.222 e. The first kappa shape index (κ1) is 17.4. The third kappa shape index (κ3) is 3.79. The van der Waals surface area contributed by atoms with Crippen LogP contribution in [0.2, 0.25) is 0 Å². The van der Waals surface area contributed by atoms with Gasteiger partial charge in [0.2, 0.25) is 5.91 Å². The van der Waals surface area contributed by atoms with Crippen LogP contribution >= 0.6 is 0 Å². The number of aromatic nitrogens is 3. The van der Waals surface area contributed by atoms with Crippen LogP contribution in [-0.2, 0) is 10.4 Å². The molecular formula is C18H30N4O2. The number of carbonyl (C=O) groups excluding carboxylic acids is 1. The van der Waals surface area contributed by atoms with Crippen LogP contribution < -0.4 is 0 Å². The van der Waals surface area contributed by atoms with E-state index in [0.717, 1.165) is 0 Å². The summed E-state index contributed by atoms with van der Waals surface area (Å²) in [5.41, 5.74) is 0.0379. The van der Waals surface area contributed by atoms with Crippen LogP contribution in [0.4, 0.5) is 0 Å². The summed E-state index contributed by atoms with van der Waals surface area (Å²) in [4.78, 5) is 14.4. The van der Waals surface area contributed by atoms with Crippen LogP contribution in [0.1, 0.15) is 71.5 Å². The van der Waals surface area contributed by atoms with E-state index in [1.165, 1.54) is 25.7 Å². The van der Waals surface area contributed by atoms with Crippen molar-refractivity contribution in [3.63, 3.8) is 0 Å². The van der Waals surface area contributed by atoms with Gasteiger partial charge in [-0.15, -0.1) is 5.10 Å². The van der Waals surface area contributed by atoms with Gasteiger partial charge in [0.25, 0.3) is 0 Å². The molecule has 1 saturated carbocycles. The highest BCUT2D eigenvalue weighted by atomic mass is 16.3. The minimum atomic E-state index is -0.980. The van der Waals surface area contributed by atoms with Gasteiger partial charge < -0.3 is 10.0 Å². The molecule has 0 spiro atoms. The SMILES string of the molecule is CC1(C)CCC(CC(=O)N2CC(n3cc(C(C)(C)O)nn3)C2)CC1. The Bertz CT molecular complexity index is 586. The molecule has 2 heterocycles. The Labute approximate surface area is 144 Å². The van der Waals surface area contributed by atoms with Crippen molar-refractivity contribution in [3.8, 4) is 0 Å². The van der Waals surface area contributed by atoms with Gasteiger partial charge in [0.05, 0.1) is 12.2 Å². The lowest BCUT2D eigenvalue weighted by Gasteiger charge is -2.40. The summed E-state index contributed by atoms with van der Waals surface area (Å²) < 4.78 is 1.78. The summed E-state index contributed by atoms with van der Waals surface area (Å²) in [5.74, 6) is 0.830. The second-order valence-corrected chi connectivity index (χ2v) is 8.91. The zero-order valence-electron chi connectivity index (χ0n) is 15.3. The van der Waals surface area contributed by atoms with Crippen molar-refractivity contribution in [2.24, 2.45) is 11.3 Å². The smallest absolute Gasteiger partial charge is 0.222 e. The van der Waals surface area contributed by atoms with Crippen molar-refractivity contribution in [3.05, 3.63) is 11.9 Å². The van der Waals surface area contributed by atoms with Gasteiger partial charge in [0.15, 0.2) is 0 Å². The Hall–Kier alpha value is -1.43. The largest absolute Gasteiger partial charge is 0.384 e. The molecule has 1 saturated heterocycles. The normalized spacial score (nSPS) is 22.5. The molecule has 0 aromatic carbocycles. The molecule has 0 bridgehead atoms. The summed E-state index contributed by atoms with van der Waals surface area (Å²) in [6.45, 7) is 9.44. The topological polar surface area (TPSA) is 71.2 Å². The van der Waals surface area contributed by atoms with Gasteiger partial charge >= 0.3 is 0 Å². The Morgan fingerprint density at radius 1 is 1.33 bits per heavy atom. The molecule has 1 amide bonds. The molecule has 6 nitrogen and oxygen atoms in total. The van der Waals surface area contributed by atoms with Gasteiger partial charge in [-0.3, -0.25) is 4.79 Å². The third-order valence-electron chi connectivity index (χ3n) is 5.65. The van der Waals surface area contributed by atoms with Gasteiger partial charge in [0.1, 0.15) is 11.3 Å². The summed E-state index contributed by atoms with van der Waals surface area (Å²) >= 11 is 0. The van der Waals surface area contributed by atoms with E-state index in [-0.39, 0.29) is 11.9 Å². The van der Waals surface area contributed by atoms with Crippen molar-refractivity contribution < 1.29 is 9.90 Å². The van der Waals surface area contributed by atoms with Gasteiger partial charge in [-0.05, 0) is 50.9 Å². The van der Waals surface area contributed by atoms with E-state index >= 15 is 0 Å². The first-order chi connectivity index (χ1) is 11.1. The van der Waals surface area contributed by atoms with E-state index in [9.17, 15) is 9.90 Å². The minimum Gasteiger partial charge on any atom is -0.384 e. The van der Waals surface area contributed by atoms with Crippen molar-refractivity contribution in [1.82, 2.24) is 19.9 Å². The van der Waals surface area contributed by atoms with Crippen LogP contribution in [-0.4, -0.2) is 44.0 Å². The monoisotopic (exact) mass is 334 g/mol. The zero-order valence-corrected chi connectivity index (χ0v) is 15.3. The van der Waals surface area contributed by atoms with E-state index in [2.05, 4.69) is 24.2 Å². The van der Waals surface area contributed by atoms with Crippen LogP contribution in [0.5, 0.6) is 0 Å². The Balaban J connectivity index is 1.46. The Kier molecular flexibility index (Phi) is 4.45. The highest BCUT2D eigenvalue weighted by Crippen LogP contribution is 2.39. The highest BCUT2D eigenvalue weighted by Gasteiger charge is 2.35. The fraction of sp³-hybridized carbons (Fsp3) is 0.833. The third-order valence-corrected chi connectivity index (χ3v) is 5.65. The number of nitrogens with zero attached hydrogens (tertiary/aromatic N) is 4. The predicted octanol–water partition coefficient (Wildman–Crippen LogP) is 2.50. The van der Waals surface area contributed by atoms with E-state index in [1.54, 1.807) is 24.7 Å². The van der Waals surface area contributed by atoms with Gasteiger partial charge in [-0.1, -0.05) is 19.1 Å². The molecule has 6 heteroatoms. The number of carbonyl (C=O) groups is 1. The summed E-state index contributed by atoms with van der Waals surface area (Å²) in [6, 6.07) is 0.183. The molecule has 24 heavy (non-hydrogen) atoms. The molecule has 0 atom stereocenters. The van der Waals surface area contributed by atoms with Gasteiger partial charge in [-0.25, -0.2) is 4.68 Å². The molecule has 134 valence electrons. The zero-order chi connectivity index (χ0) is 17.5. The quantitative estimate of drug-likeness (QED) is 0.918. The maximum absolute atomic E-state index is 12.4. The molecule has 3 rings (SSSR count). The molecule has 1 aromatic rings. The minimum absolute atomic E-state index is 0.183. The van der Waals surface area contributed by atoms with Crippen LogP contribution in [0, 0.1) is 11.3 Å². The molecule has 0 unspecified atom stereocenters. The predicted molar refractivity (Wildman–Crippen MR) is 91.2 cm³/mol. The number of aliphatic hydroxyl groups is 1. The highest BCUT2D eigenvalue weighted by molar-refractivity contribution is 5.77. The average Bonchev–Trinajstić information content (AvgIpc) is 2.89. The summed E-state index contributed by atoms with van der Waals surface area (Å²) in [7, 11) is 0. The van der Waals surface area contributed by atoms with Crippen LogP contribution in [0.3, 0.4) is 0 Å². The number of amides is 1. The molecule has 1 aliphatic carbocycles. The van der Waals surface area contributed by atoms with Crippen molar-refractivity contribution in [1.29, 1.82) is 0 Å². The van der Waals surface area contributed by atoms with Crippen LogP contribution in [0.15, 0.2) is 6.20 Å². The fourth-order valence-electron chi connectivity index (χ4n) is 3.60. The Morgan fingerprint density at radius 2 is 1.96 bits per heavy atom. The number of hydrogen-bond acceptors (Lipinski definition) is 4. The van der Waals surface area contributed by atoms with E-state index in [1.807, 2.05) is 4.90 Å². The molecule has 1 N–H and O–H groups in total. The lowest BCUT2D eigenvalue weighted by atomic mass is 9.72. The first-order valence-corrected chi connectivity index (χ1v) is 9.06. The van der Waals surface area contributed by atoms with Crippen molar-refractivity contribution in [2.75, 3.05) is 13.1 Å². The lowest BCUT2D eigenvalue weighted by Crippen LogP contribution is -2.51. The molecule has 0 radical (unpaired) electrons. The van der Waals surface area contributed by atoms with Gasteiger partial charge in [0, 0.05) is 19.5 Å². The van der Waals surface area contributed by atoms with Gasteiger partial charge in [-0.2, -0.15) is 0 Å². The molecule has 1 aromatic heterocycles. The summed E-state index contributed by atoms with van der Waals surface area (Å²) in [5, 5.41) is 18.1. The van der Waals surface area contributed by atoms with Crippen molar-refractivity contribution in [2.45, 2.75) is 71.4 Å². The second-order valence-electron chi connectivity index (χ2n) is 8.91. The number of rotatable bonds is 4. The standard InChI is InChI=1S/C18H30N4O2/c1-17(2)7-5-13(6-8-17)9-16(23)21-10-14(11-21)22-12-15(19-20-22)18(3,4)24/h12-14,24H,5-11H2,1-4H3. The maximum atomic E-state index is 12.4.